The first kappa shape index (κ1) is 14.0. The lowest BCUT2D eigenvalue weighted by Crippen LogP contribution is -2.22. The average Bonchev–Trinajstić information content (AvgIpc) is 3.18. The summed E-state index contributed by atoms with van der Waals surface area (Å²) in [5.41, 5.74) is 3.91. The lowest BCUT2D eigenvalue weighted by Gasteiger charge is -2.21. The first-order valence-electron chi connectivity index (χ1n) is 8.42. The Balaban J connectivity index is 1.50. The van der Waals surface area contributed by atoms with Crippen molar-refractivity contribution in [2.45, 2.75) is 58.5 Å². The van der Waals surface area contributed by atoms with Crippen molar-refractivity contribution in [1.82, 2.24) is 19.6 Å². The van der Waals surface area contributed by atoms with Gasteiger partial charge in [0.05, 0.1) is 11.4 Å². The maximum atomic E-state index is 5.18. The summed E-state index contributed by atoms with van der Waals surface area (Å²) in [7, 11) is 0. The first-order chi connectivity index (χ1) is 10.7. The molecule has 1 saturated heterocycles. The van der Waals surface area contributed by atoms with Crippen LogP contribution in [0, 0.1) is 13.8 Å². The van der Waals surface area contributed by atoms with Gasteiger partial charge >= 0.3 is 0 Å². The molecule has 1 atom stereocenters. The molecule has 118 valence electrons. The van der Waals surface area contributed by atoms with Crippen LogP contribution in [0.5, 0.6) is 0 Å². The highest BCUT2D eigenvalue weighted by atomic mass is 16.5. The van der Waals surface area contributed by atoms with Crippen LogP contribution >= 0.6 is 0 Å². The summed E-state index contributed by atoms with van der Waals surface area (Å²) < 4.78 is 7.71. The molecule has 3 heterocycles. The van der Waals surface area contributed by atoms with Crippen LogP contribution in [0.4, 0.5) is 0 Å². The normalized spacial score (nSPS) is 22.2. The van der Waals surface area contributed by atoms with E-state index in [1.165, 1.54) is 42.9 Å². The minimum atomic E-state index is 0.572. The Morgan fingerprint density at radius 1 is 1.27 bits per heavy atom. The van der Waals surface area contributed by atoms with Gasteiger partial charge in [-0.05, 0) is 46.0 Å². The van der Waals surface area contributed by atoms with Crippen LogP contribution in [-0.4, -0.2) is 32.7 Å². The molecule has 0 spiro atoms. The van der Waals surface area contributed by atoms with Gasteiger partial charge in [-0.1, -0.05) is 5.16 Å². The number of aryl methyl sites for hydroxylation is 3. The summed E-state index contributed by atoms with van der Waals surface area (Å²) in [4.78, 5) is 7.31. The van der Waals surface area contributed by atoms with Crippen LogP contribution in [0.15, 0.2) is 10.6 Å². The fraction of sp³-hybridized carbons (Fsp3) is 0.647. The number of nitrogens with zero attached hydrogens (tertiary/aromatic N) is 4. The Morgan fingerprint density at radius 3 is 2.95 bits per heavy atom. The molecule has 0 unspecified atom stereocenters. The lowest BCUT2D eigenvalue weighted by atomic mass is 10.0. The molecule has 1 fully saturated rings. The predicted molar refractivity (Wildman–Crippen MR) is 83.8 cm³/mol. The van der Waals surface area contributed by atoms with Gasteiger partial charge in [0.25, 0.3) is 0 Å². The van der Waals surface area contributed by atoms with Crippen molar-refractivity contribution in [3.05, 3.63) is 34.7 Å². The zero-order chi connectivity index (χ0) is 15.1. The van der Waals surface area contributed by atoms with E-state index in [2.05, 4.69) is 21.5 Å². The fourth-order valence-corrected chi connectivity index (χ4v) is 4.07. The van der Waals surface area contributed by atoms with E-state index in [0.29, 0.717) is 6.04 Å². The molecule has 4 rings (SSSR count). The van der Waals surface area contributed by atoms with E-state index >= 15 is 0 Å². The second-order valence-corrected chi connectivity index (χ2v) is 6.74. The third kappa shape index (κ3) is 2.47. The number of rotatable bonds is 3. The van der Waals surface area contributed by atoms with E-state index < -0.39 is 0 Å². The van der Waals surface area contributed by atoms with Gasteiger partial charge in [-0.25, -0.2) is 4.98 Å². The second kappa shape index (κ2) is 5.54. The van der Waals surface area contributed by atoms with Gasteiger partial charge in [0.1, 0.15) is 11.6 Å². The van der Waals surface area contributed by atoms with Crippen molar-refractivity contribution in [3.8, 4) is 0 Å². The van der Waals surface area contributed by atoms with E-state index in [1.54, 1.807) is 0 Å². The van der Waals surface area contributed by atoms with E-state index in [0.717, 1.165) is 37.5 Å². The maximum absolute atomic E-state index is 5.18. The van der Waals surface area contributed by atoms with E-state index in [1.807, 2.05) is 13.0 Å². The standard InChI is InChI=1S/C17H24N4O/c1-12-9-14(19-22-12)10-20-8-7-15(11-20)21-13(2)18-16-5-3-4-6-17(16)21/h9,15H,3-8,10-11H2,1-2H3/t15-/m1/s1. The average molecular weight is 300 g/mol. The van der Waals surface area contributed by atoms with Crippen LogP contribution in [-0.2, 0) is 19.4 Å². The molecule has 0 amide bonds. The number of fused-ring (bicyclic) bond motifs is 1. The van der Waals surface area contributed by atoms with E-state index in [9.17, 15) is 0 Å². The van der Waals surface area contributed by atoms with Crippen LogP contribution in [0.25, 0.3) is 0 Å². The van der Waals surface area contributed by atoms with Crippen LogP contribution in [0.3, 0.4) is 0 Å². The molecule has 5 heteroatoms. The highest BCUT2D eigenvalue weighted by molar-refractivity contribution is 5.21. The summed E-state index contributed by atoms with van der Waals surface area (Å²) >= 11 is 0. The van der Waals surface area contributed by atoms with Crippen molar-refractivity contribution < 1.29 is 4.52 Å². The molecule has 0 saturated carbocycles. The predicted octanol–water partition coefficient (Wildman–Crippen LogP) is 2.81. The van der Waals surface area contributed by atoms with Crippen molar-refractivity contribution in [2.75, 3.05) is 13.1 Å². The monoisotopic (exact) mass is 300 g/mol. The summed E-state index contributed by atoms with van der Waals surface area (Å²) in [6, 6.07) is 2.61. The topological polar surface area (TPSA) is 47.1 Å². The zero-order valence-corrected chi connectivity index (χ0v) is 13.5. The van der Waals surface area contributed by atoms with Crippen molar-refractivity contribution in [1.29, 1.82) is 0 Å². The fourth-order valence-electron chi connectivity index (χ4n) is 4.07. The van der Waals surface area contributed by atoms with Crippen molar-refractivity contribution >= 4 is 0 Å². The second-order valence-electron chi connectivity index (χ2n) is 6.74. The maximum Gasteiger partial charge on any atom is 0.133 e. The molecule has 5 nitrogen and oxygen atoms in total. The van der Waals surface area contributed by atoms with Gasteiger partial charge in [0.2, 0.25) is 0 Å². The third-order valence-electron chi connectivity index (χ3n) is 5.02. The Hall–Kier alpha value is -1.62. The quantitative estimate of drug-likeness (QED) is 0.874. The Kier molecular flexibility index (Phi) is 3.53. The molecule has 22 heavy (non-hydrogen) atoms. The van der Waals surface area contributed by atoms with Gasteiger partial charge in [-0.2, -0.15) is 0 Å². The molecule has 1 aliphatic heterocycles. The zero-order valence-electron chi connectivity index (χ0n) is 13.5. The van der Waals surface area contributed by atoms with Crippen LogP contribution in [0.2, 0.25) is 0 Å². The largest absolute Gasteiger partial charge is 0.361 e. The minimum Gasteiger partial charge on any atom is -0.361 e. The third-order valence-corrected chi connectivity index (χ3v) is 5.02. The van der Waals surface area contributed by atoms with Crippen molar-refractivity contribution in [3.63, 3.8) is 0 Å². The Bertz CT molecular complexity index is 672. The van der Waals surface area contributed by atoms with Gasteiger partial charge in [-0.3, -0.25) is 4.90 Å². The van der Waals surface area contributed by atoms with E-state index in [4.69, 9.17) is 9.51 Å². The number of hydrogen-bond donors (Lipinski definition) is 0. The number of hydrogen-bond acceptors (Lipinski definition) is 4. The lowest BCUT2D eigenvalue weighted by molar-refractivity contribution is 0.298. The summed E-state index contributed by atoms with van der Waals surface area (Å²) in [6.07, 6.45) is 6.19. The summed E-state index contributed by atoms with van der Waals surface area (Å²) in [6.45, 7) is 7.23. The van der Waals surface area contributed by atoms with Crippen LogP contribution < -0.4 is 0 Å². The molecule has 0 N–H and O–H groups in total. The minimum absolute atomic E-state index is 0.572. The highest BCUT2D eigenvalue weighted by Crippen LogP contribution is 2.30. The van der Waals surface area contributed by atoms with Gasteiger partial charge in [0.15, 0.2) is 0 Å². The van der Waals surface area contributed by atoms with Crippen molar-refractivity contribution in [2.24, 2.45) is 0 Å². The summed E-state index contributed by atoms with van der Waals surface area (Å²) in [5, 5.41) is 4.12. The Morgan fingerprint density at radius 2 is 2.14 bits per heavy atom. The molecule has 0 aromatic carbocycles. The molecule has 1 aliphatic carbocycles. The van der Waals surface area contributed by atoms with Gasteiger partial charge in [-0.15, -0.1) is 0 Å². The molecular formula is C17H24N4O. The molecule has 2 aromatic rings. The van der Waals surface area contributed by atoms with Gasteiger partial charge in [0, 0.05) is 37.4 Å². The van der Waals surface area contributed by atoms with E-state index in [-0.39, 0.29) is 0 Å². The number of aromatic nitrogens is 3. The molecule has 0 radical (unpaired) electrons. The summed E-state index contributed by atoms with van der Waals surface area (Å²) in [5.74, 6) is 2.10. The number of imidazole rings is 1. The Labute approximate surface area is 131 Å². The molecular weight excluding hydrogens is 276 g/mol. The SMILES string of the molecule is Cc1cc(CN2CC[C@@H](n3c(C)nc4c3CCCC4)C2)no1. The number of likely N-dealkylation sites (tertiary alicyclic amines) is 1. The molecule has 0 bridgehead atoms. The highest BCUT2D eigenvalue weighted by Gasteiger charge is 2.29. The van der Waals surface area contributed by atoms with Crippen LogP contribution in [0.1, 0.15) is 54.0 Å². The molecule has 2 aromatic heterocycles. The smallest absolute Gasteiger partial charge is 0.133 e. The van der Waals surface area contributed by atoms with Gasteiger partial charge < -0.3 is 9.09 Å². The molecule has 2 aliphatic rings. The first-order valence-corrected chi connectivity index (χ1v) is 8.42.